The van der Waals surface area contributed by atoms with Gasteiger partial charge >= 0.3 is 0 Å². The average Bonchev–Trinajstić information content (AvgIpc) is 2.29. The highest BCUT2D eigenvalue weighted by Gasteiger charge is 2.09. The Hall–Kier alpha value is -1.38. The normalized spacial score (nSPS) is 12.2. The Balaban J connectivity index is 2.84. The quantitative estimate of drug-likeness (QED) is 0.778. The topological polar surface area (TPSA) is 38.5 Å². The third-order valence-corrected chi connectivity index (χ3v) is 2.93. The van der Waals surface area contributed by atoms with Gasteiger partial charge in [0.05, 0.1) is 18.5 Å². The van der Waals surface area contributed by atoms with Crippen LogP contribution in [0.25, 0.3) is 0 Å². The summed E-state index contributed by atoms with van der Waals surface area (Å²) in [6, 6.07) is 5.76. The van der Waals surface area contributed by atoms with Crippen molar-refractivity contribution in [1.82, 2.24) is 0 Å². The van der Waals surface area contributed by atoms with E-state index in [2.05, 4.69) is 25.8 Å². The Labute approximate surface area is 98.2 Å². The largest absolute Gasteiger partial charge is 0.497 e. The molecule has 0 saturated heterocycles. The molecule has 1 aromatic rings. The summed E-state index contributed by atoms with van der Waals surface area (Å²) in [4.78, 5) is 2.19. The van der Waals surface area contributed by atoms with Crippen molar-refractivity contribution in [2.24, 2.45) is 5.92 Å². The van der Waals surface area contributed by atoms with Gasteiger partial charge in [0.15, 0.2) is 0 Å². The van der Waals surface area contributed by atoms with E-state index in [0.29, 0.717) is 5.92 Å². The van der Waals surface area contributed by atoms with E-state index in [1.807, 2.05) is 18.2 Å². The van der Waals surface area contributed by atoms with Crippen molar-refractivity contribution in [3.8, 4) is 5.75 Å². The number of hydrogen-bond donors (Lipinski definition) is 1. The first kappa shape index (κ1) is 12.7. The van der Waals surface area contributed by atoms with Crippen LogP contribution < -0.4 is 15.4 Å². The van der Waals surface area contributed by atoms with E-state index in [-0.39, 0.29) is 0 Å². The van der Waals surface area contributed by atoms with Crippen LogP contribution in [0, 0.1) is 5.92 Å². The molecule has 0 amide bonds. The molecule has 0 aromatic heterocycles. The maximum Gasteiger partial charge on any atom is 0.121 e. The molecule has 3 heteroatoms. The van der Waals surface area contributed by atoms with E-state index in [4.69, 9.17) is 10.5 Å². The van der Waals surface area contributed by atoms with Crippen molar-refractivity contribution in [3.05, 3.63) is 18.2 Å². The van der Waals surface area contributed by atoms with E-state index < -0.39 is 0 Å². The molecule has 0 heterocycles. The molecule has 0 bridgehead atoms. The molecule has 0 spiro atoms. The fourth-order valence-corrected chi connectivity index (χ4v) is 1.68. The van der Waals surface area contributed by atoms with Crippen LogP contribution in [0.1, 0.15) is 20.3 Å². The first-order valence-electron chi connectivity index (χ1n) is 5.73. The third-order valence-electron chi connectivity index (χ3n) is 2.93. The molecule has 1 aromatic carbocycles. The van der Waals surface area contributed by atoms with Crippen LogP contribution in [0.15, 0.2) is 18.2 Å². The SMILES string of the molecule is CCC(C)CN(C)c1cc(OC)ccc1N. The molecule has 2 N–H and O–H groups in total. The average molecular weight is 222 g/mol. The minimum atomic E-state index is 0.663. The van der Waals surface area contributed by atoms with E-state index >= 15 is 0 Å². The second-order valence-corrected chi connectivity index (χ2v) is 4.32. The van der Waals surface area contributed by atoms with Gasteiger partial charge < -0.3 is 15.4 Å². The van der Waals surface area contributed by atoms with Gasteiger partial charge in [-0.15, -0.1) is 0 Å². The van der Waals surface area contributed by atoms with Crippen molar-refractivity contribution < 1.29 is 4.74 Å². The maximum absolute atomic E-state index is 5.97. The molecule has 0 saturated carbocycles. The van der Waals surface area contributed by atoms with Gasteiger partial charge in [-0.2, -0.15) is 0 Å². The number of ether oxygens (including phenoxy) is 1. The van der Waals surface area contributed by atoms with Gasteiger partial charge in [0.25, 0.3) is 0 Å². The van der Waals surface area contributed by atoms with Crippen LogP contribution in [0.3, 0.4) is 0 Å². The highest BCUT2D eigenvalue weighted by atomic mass is 16.5. The molecule has 90 valence electrons. The number of nitrogens with zero attached hydrogens (tertiary/aromatic N) is 1. The van der Waals surface area contributed by atoms with Crippen molar-refractivity contribution in [2.75, 3.05) is 31.3 Å². The highest BCUT2D eigenvalue weighted by Crippen LogP contribution is 2.27. The van der Waals surface area contributed by atoms with Gasteiger partial charge in [0, 0.05) is 19.7 Å². The summed E-state index contributed by atoms with van der Waals surface area (Å²) in [6.45, 7) is 5.45. The molecule has 16 heavy (non-hydrogen) atoms. The van der Waals surface area contributed by atoms with E-state index in [1.54, 1.807) is 7.11 Å². The Bertz CT molecular complexity index is 339. The minimum absolute atomic E-state index is 0.663. The first-order valence-corrected chi connectivity index (χ1v) is 5.73. The number of nitrogens with two attached hydrogens (primary N) is 1. The number of nitrogen functional groups attached to an aromatic ring is 1. The third kappa shape index (κ3) is 3.05. The summed E-state index contributed by atoms with van der Waals surface area (Å²) in [5.74, 6) is 1.51. The lowest BCUT2D eigenvalue weighted by Gasteiger charge is -2.24. The van der Waals surface area contributed by atoms with Gasteiger partial charge in [-0.25, -0.2) is 0 Å². The summed E-state index contributed by atoms with van der Waals surface area (Å²) in [5, 5.41) is 0. The summed E-state index contributed by atoms with van der Waals surface area (Å²) >= 11 is 0. The Kier molecular flexibility index (Phi) is 4.47. The molecule has 0 fully saturated rings. The molecule has 0 radical (unpaired) electrons. The predicted octanol–water partition coefficient (Wildman–Crippen LogP) is 2.76. The van der Waals surface area contributed by atoms with Crippen LogP contribution in [-0.4, -0.2) is 20.7 Å². The number of rotatable bonds is 5. The summed E-state index contributed by atoms with van der Waals surface area (Å²) in [5.41, 5.74) is 7.80. The maximum atomic E-state index is 5.97. The minimum Gasteiger partial charge on any atom is -0.497 e. The second kappa shape index (κ2) is 5.64. The van der Waals surface area contributed by atoms with Gasteiger partial charge in [0.2, 0.25) is 0 Å². The molecular weight excluding hydrogens is 200 g/mol. The van der Waals surface area contributed by atoms with E-state index in [0.717, 1.165) is 23.7 Å². The number of methoxy groups -OCH3 is 1. The predicted molar refractivity (Wildman–Crippen MR) is 70.1 cm³/mol. The first-order chi connectivity index (χ1) is 7.58. The lowest BCUT2D eigenvalue weighted by molar-refractivity contribution is 0.415. The van der Waals surface area contributed by atoms with Crippen LogP contribution in [0.2, 0.25) is 0 Å². The fraction of sp³-hybridized carbons (Fsp3) is 0.538. The van der Waals surface area contributed by atoms with Crippen LogP contribution in [0.5, 0.6) is 5.75 Å². The monoisotopic (exact) mass is 222 g/mol. The van der Waals surface area contributed by atoms with Crippen LogP contribution in [0.4, 0.5) is 11.4 Å². The molecule has 1 unspecified atom stereocenters. The lowest BCUT2D eigenvalue weighted by Crippen LogP contribution is -2.24. The van der Waals surface area contributed by atoms with Crippen LogP contribution >= 0.6 is 0 Å². The van der Waals surface area contributed by atoms with Crippen molar-refractivity contribution >= 4 is 11.4 Å². The van der Waals surface area contributed by atoms with Crippen LogP contribution in [-0.2, 0) is 0 Å². The fourth-order valence-electron chi connectivity index (χ4n) is 1.68. The van der Waals surface area contributed by atoms with Gasteiger partial charge in [-0.1, -0.05) is 20.3 Å². The molecule has 3 nitrogen and oxygen atoms in total. The molecule has 0 aliphatic carbocycles. The zero-order valence-corrected chi connectivity index (χ0v) is 10.7. The van der Waals surface area contributed by atoms with Crippen molar-refractivity contribution in [1.29, 1.82) is 0 Å². The van der Waals surface area contributed by atoms with E-state index in [1.165, 1.54) is 6.42 Å². The molecular formula is C13H22N2O. The van der Waals surface area contributed by atoms with Crippen molar-refractivity contribution in [2.45, 2.75) is 20.3 Å². The highest BCUT2D eigenvalue weighted by molar-refractivity contribution is 5.69. The number of benzene rings is 1. The van der Waals surface area contributed by atoms with Crippen molar-refractivity contribution in [3.63, 3.8) is 0 Å². The molecule has 0 aliphatic heterocycles. The Morgan fingerprint density at radius 3 is 2.69 bits per heavy atom. The standard InChI is InChI=1S/C13H22N2O/c1-5-10(2)9-15(3)13-8-11(16-4)6-7-12(13)14/h6-8,10H,5,9,14H2,1-4H3. The van der Waals surface area contributed by atoms with Gasteiger partial charge in [-0.05, 0) is 18.1 Å². The Morgan fingerprint density at radius 1 is 1.44 bits per heavy atom. The second-order valence-electron chi connectivity index (χ2n) is 4.32. The summed E-state index contributed by atoms with van der Waals surface area (Å²) in [7, 11) is 3.74. The van der Waals surface area contributed by atoms with Gasteiger partial charge in [-0.3, -0.25) is 0 Å². The van der Waals surface area contributed by atoms with Gasteiger partial charge in [0.1, 0.15) is 5.75 Å². The summed E-state index contributed by atoms with van der Waals surface area (Å²) in [6.07, 6.45) is 1.17. The summed E-state index contributed by atoms with van der Waals surface area (Å²) < 4.78 is 5.21. The molecule has 0 aliphatic rings. The molecule has 1 rings (SSSR count). The van der Waals surface area contributed by atoms with E-state index in [9.17, 15) is 0 Å². The number of hydrogen-bond acceptors (Lipinski definition) is 3. The lowest BCUT2D eigenvalue weighted by atomic mass is 10.1. The molecule has 1 atom stereocenters. The smallest absolute Gasteiger partial charge is 0.121 e. The zero-order chi connectivity index (χ0) is 12.1. The number of anilines is 2. The zero-order valence-electron chi connectivity index (χ0n) is 10.7. The Morgan fingerprint density at radius 2 is 2.12 bits per heavy atom.